The van der Waals surface area contributed by atoms with Gasteiger partial charge in [-0.2, -0.15) is 0 Å². The summed E-state index contributed by atoms with van der Waals surface area (Å²) in [5.41, 5.74) is -0.994. The molecule has 0 bridgehead atoms. The number of anilines is 1. The first kappa shape index (κ1) is 21.5. The summed E-state index contributed by atoms with van der Waals surface area (Å²) in [6, 6.07) is 12.7. The van der Waals surface area contributed by atoms with Crippen LogP contribution in [0.15, 0.2) is 54.6 Å². The number of carbonyl (C=O) groups is 3. The number of nitrogens with zero attached hydrogens (tertiary/aromatic N) is 2. The fourth-order valence-electron chi connectivity index (χ4n) is 5.20. The quantitative estimate of drug-likeness (QED) is 0.549. The van der Waals surface area contributed by atoms with E-state index >= 15 is 0 Å². The minimum absolute atomic E-state index is 0.125. The van der Waals surface area contributed by atoms with E-state index < -0.39 is 40.3 Å². The Morgan fingerprint density at radius 2 is 1.91 bits per heavy atom. The maximum absolute atomic E-state index is 13.5. The molecule has 4 rings (SSSR count). The molecule has 1 aliphatic carbocycles. The van der Waals surface area contributed by atoms with Gasteiger partial charge >= 0.3 is 12.0 Å². The smallest absolute Gasteiger partial charge is 0.329 e. The number of aliphatic carboxylic acids is 1. The van der Waals surface area contributed by atoms with E-state index in [1.165, 1.54) is 30.0 Å². The summed E-state index contributed by atoms with van der Waals surface area (Å²) in [4.78, 5) is 51.1. The number of ketones is 1. The highest BCUT2D eigenvalue weighted by Crippen LogP contribution is 2.55. The van der Waals surface area contributed by atoms with Gasteiger partial charge in [-0.3, -0.25) is 14.9 Å². The van der Waals surface area contributed by atoms with Gasteiger partial charge in [0.15, 0.2) is 0 Å². The topological polar surface area (TPSA) is 130 Å². The standard InChI is InChI=1S/C23H23N3O6/c1-23(21(28)29)17-11-6-12-18(27)19(17)20(14-7-5-10-16(13-14)26(31)32)25(23)22(30)24-15-8-3-2-4-9-15/h2-5,7-10,13,17,19-20H,6,11-12H2,1H3,(H,24,30)(H,28,29). The Labute approximate surface area is 184 Å². The summed E-state index contributed by atoms with van der Waals surface area (Å²) < 4.78 is 0. The van der Waals surface area contributed by atoms with Gasteiger partial charge in [-0.1, -0.05) is 30.3 Å². The molecule has 2 aromatic carbocycles. The Balaban J connectivity index is 1.87. The van der Waals surface area contributed by atoms with Crippen molar-refractivity contribution in [2.75, 3.05) is 5.32 Å². The molecule has 9 heteroatoms. The average molecular weight is 437 g/mol. The van der Waals surface area contributed by atoms with Gasteiger partial charge in [0.05, 0.1) is 11.0 Å². The molecule has 4 unspecified atom stereocenters. The Kier molecular flexibility index (Phi) is 5.41. The summed E-state index contributed by atoms with van der Waals surface area (Å²) in [6.45, 7) is 1.47. The summed E-state index contributed by atoms with van der Waals surface area (Å²) in [7, 11) is 0. The zero-order valence-corrected chi connectivity index (χ0v) is 17.4. The number of Topliss-reactive ketones (excluding diaryl/α,β-unsaturated/α-hetero) is 1. The maximum atomic E-state index is 13.5. The molecule has 2 fully saturated rings. The third-order valence-electron chi connectivity index (χ3n) is 6.68. The van der Waals surface area contributed by atoms with Gasteiger partial charge in [-0.05, 0) is 37.5 Å². The van der Waals surface area contributed by atoms with Crippen LogP contribution in [0.2, 0.25) is 0 Å². The molecular formula is C23H23N3O6. The lowest BCUT2D eigenvalue weighted by Crippen LogP contribution is -2.56. The number of nitrogens with one attached hydrogen (secondary N) is 1. The van der Waals surface area contributed by atoms with Crippen molar-refractivity contribution in [2.24, 2.45) is 11.8 Å². The normalized spacial score (nSPS) is 27.0. The van der Waals surface area contributed by atoms with E-state index in [0.717, 1.165) is 0 Å². The summed E-state index contributed by atoms with van der Waals surface area (Å²) in [5, 5.41) is 24.3. The van der Waals surface area contributed by atoms with Crippen LogP contribution < -0.4 is 5.32 Å². The molecule has 1 saturated carbocycles. The van der Waals surface area contributed by atoms with Crippen LogP contribution in [0.1, 0.15) is 37.8 Å². The molecule has 1 saturated heterocycles. The molecule has 9 nitrogen and oxygen atoms in total. The van der Waals surface area contributed by atoms with Crippen molar-refractivity contribution in [1.29, 1.82) is 0 Å². The molecule has 1 heterocycles. The molecule has 2 aromatic rings. The van der Waals surface area contributed by atoms with Crippen molar-refractivity contribution in [3.8, 4) is 0 Å². The van der Waals surface area contributed by atoms with Gasteiger partial charge in [-0.25, -0.2) is 9.59 Å². The van der Waals surface area contributed by atoms with Gasteiger partial charge in [-0.15, -0.1) is 0 Å². The van der Waals surface area contributed by atoms with Crippen LogP contribution in [0.4, 0.5) is 16.2 Å². The number of hydrogen-bond acceptors (Lipinski definition) is 5. The highest BCUT2D eigenvalue weighted by molar-refractivity contribution is 5.97. The van der Waals surface area contributed by atoms with Crippen LogP contribution in [0.5, 0.6) is 0 Å². The molecule has 166 valence electrons. The molecule has 0 spiro atoms. The number of benzene rings is 2. The second-order valence-electron chi connectivity index (χ2n) is 8.41. The molecule has 0 radical (unpaired) electrons. The van der Waals surface area contributed by atoms with Gasteiger partial charge < -0.3 is 15.3 Å². The molecule has 2 aliphatic rings. The number of para-hydroxylation sites is 1. The zero-order valence-electron chi connectivity index (χ0n) is 17.4. The van der Waals surface area contributed by atoms with E-state index in [0.29, 0.717) is 24.1 Å². The Hall–Kier alpha value is -3.75. The van der Waals surface area contributed by atoms with Crippen LogP contribution >= 0.6 is 0 Å². The van der Waals surface area contributed by atoms with Crippen molar-refractivity contribution < 1.29 is 24.4 Å². The largest absolute Gasteiger partial charge is 0.479 e. The average Bonchev–Trinajstić information content (AvgIpc) is 3.06. The number of amides is 2. The zero-order chi connectivity index (χ0) is 23.0. The van der Waals surface area contributed by atoms with Crippen molar-refractivity contribution >= 4 is 29.2 Å². The Morgan fingerprint density at radius 3 is 2.56 bits per heavy atom. The number of carboxylic acid groups (broad SMARTS) is 1. The fourth-order valence-corrected chi connectivity index (χ4v) is 5.20. The van der Waals surface area contributed by atoms with Gasteiger partial charge in [0, 0.05) is 36.1 Å². The van der Waals surface area contributed by atoms with Gasteiger partial charge in [0.2, 0.25) is 0 Å². The minimum Gasteiger partial charge on any atom is -0.479 e. The fraction of sp³-hybridized carbons (Fsp3) is 0.348. The third kappa shape index (κ3) is 3.39. The van der Waals surface area contributed by atoms with Crippen LogP contribution in [0.25, 0.3) is 0 Å². The van der Waals surface area contributed by atoms with Crippen molar-refractivity contribution in [2.45, 2.75) is 37.8 Å². The van der Waals surface area contributed by atoms with E-state index in [1.807, 2.05) is 0 Å². The minimum atomic E-state index is -1.66. The monoisotopic (exact) mass is 437 g/mol. The van der Waals surface area contributed by atoms with E-state index in [1.54, 1.807) is 36.4 Å². The maximum Gasteiger partial charge on any atom is 0.329 e. The van der Waals surface area contributed by atoms with Crippen LogP contribution in [0.3, 0.4) is 0 Å². The summed E-state index contributed by atoms with van der Waals surface area (Å²) >= 11 is 0. The summed E-state index contributed by atoms with van der Waals surface area (Å²) in [5.74, 6) is -2.70. The van der Waals surface area contributed by atoms with Gasteiger partial charge in [0.1, 0.15) is 11.3 Å². The number of carbonyl (C=O) groups excluding carboxylic acids is 2. The van der Waals surface area contributed by atoms with Crippen LogP contribution in [-0.2, 0) is 9.59 Å². The Bertz CT molecular complexity index is 1090. The van der Waals surface area contributed by atoms with E-state index in [2.05, 4.69) is 5.32 Å². The summed E-state index contributed by atoms with van der Waals surface area (Å²) in [6.07, 6.45) is 1.30. The number of urea groups is 1. The van der Waals surface area contributed by atoms with E-state index in [-0.39, 0.29) is 17.9 Å². The lowest BCUT2D eigenvalue weighted by molar-refractivity contribution is -0.385. The number of fused-ring (bicyclic) bond motifs is 1. The predicted molar refractivity (Wildman–Crippen MR) is 115 cm³/mol. The number of rotatable bonds is 4. The number of carboxylic acids is 1. The molecule has 0 aromatic heterocycles. The predicted octanol–water partition coefficient (Wildman–Crippen LogP) is 4.01. The number of hydrogen-bond donors (Lipinski definition) is 2. The van der Waals surface area contributed by atoms with Crippen molar-refractivity contribution in [3.63, 3.8) is 0 Å². The first-order chi connectivity index (χ1) is 15.2. The van der Waals surface area contributed by atoms with E-state index in [4.69, 9.17) is 0 Å². The Morgan fingerprint density at radius 1 is 1.19 bits per heavy atom. The van der Waals surface area contributed by atoms with Crippen LogP contribution in [0, 0.1) is 22.0 Å². The molecule has 2 amide bonds. The van der Waals surface area contributed by atoms with Gasteiger partial charge in [0.25, 0.3) is 5.69 Å². The highest BCUT2D eigenvalue weighted by atomic mass is 16.6. The number of nitro groups is 1. The lowest BCUT2D eigenvalue weighted by Gasteiger charge is -2.37. The molecular weight excluding hydrogens is 414 g/mol. The first-order valence-electron chi connectivity index (χ1n) is 10.4. The molecule has 32 heavy (non-hydrogen) atoms. The highest BCUT2D eigenvalue weighted by Gasteiger charge is 2.64. The van der Waals surface area contributed by atoms with E-state index in [9.17, 15) is 29.6 Å². The lowest BCUT2D eigenvalue weighted by atomic mass is 9.70. The third-order valence-corrected chi connectivity index (χ3v) is 6.68. The number of nitro benzene ring substituents is 1. The second kappa shape index (κ2) is 8.07. The molecule has 1 aliphatic heterocycles. The molecule has 4 atom stereocenters. The molecule has 2 N–H and O–H groups in total. The first-order valence-corrected chi connectivity index (χ1v) is 10.4. The number of likely N-dealkylation sites (tertiary alicyclic amines) is 1. The van der Waals surface area contributed by atoms with Crippen molar-refractivity contribution in [3.05, 3.63) is 70.3 Å². The van der Waals surface area contributed by atoms with Crippen molar-refractivity contribution in [1.82, 2.24) is 4.90 Å². The SMILES string of the molecule is CC1(C(=O)O)C2CCCC(=O)C2C(c2cccc([N+](=O)[O-])c2)N1C(=O)Nc1ccccc1. The number of non-ortho nitro benzene ring substituents is 1. The second-order valence-corrected chi connectivity index (χ2v) is 8.41. The van der Waals surface area contributed by atoms with Crippen LogP contribution in [-0.4, -0.2) is 38.3 Å².